The maximum absolute atomic E-state index is 12.2. The summed E-state index contributed by atoms with van der Waals surface area (Å²) < 4.78 is 1.28. The first-order valence-electron chi connectivity index (χ1n) is 9.49. The fourth-order valence-electron chi connectivity index (χ4n) is 3.51. The van der Waals surface area contributed by atoms with Gasteiger partial charge in [-0.05, 0) is 49.8 Å². The predicted octanol–water partition coefficient (Wildman–Crippen LogP) is 1.75. The number of H-pyrrole nitrogens is 1. The highest BCUT2D eigenvalue weighted by atomic mass is 16.2. The van der Waals surface area contributed by atoms with Crippen molar-refractivity contribution in [1.82, 2.24) is 25.1 Å². The highest BCUT2D eigenvalue weighted by Gasteiger charge is 2.14. The number of nitrogens with one attached hydrogen (secondary N) is 2. The lowest BCUT2D eigenvalue weighted by Gasteiger charge is -2.15. The summed E-state index contributed by atoms with van der Waals surface area (Å²) >= 11 is 0. The Morgan fingerprint density at radius 2 is 2.07 bits per heavy atom. The Morgan fingerprint density at radius 1 is 1.22 bits per heavy atom. The molecule has 0 unspecified atom stereocenters. The molecular formula is C20H23N5O2. The number of fused-ring (bicyclic) bond motifs is 2. The van der Waals surface area contributed by atoms with Crippen molar-refractivity contribution in [2.24, 2.45) is 0 Å². The van der Waals surface area contributed by atoms with Crippen LogP contribution in [0, 0.1) is 0 Å². The first-order chi connectivity index (χ1) is 13.2. The molecule has 0 saturated heterocycles. The van der Waals surface area contributed by atoms with E-state index in [4.69, 9.17) is 0 Å². The third kappa shape index (κ3) is 4.07. The number of benzene rings is 1. The summed E-state index contributed by atoms with van der Waals surface area (Å²) in [5, 5.41) is 7.24. The van der Waals surface area contributed by atoms with Crippen LogP contribution in [0.1, 0.15) is 36.3 Å². The van der Waals surface area contributed by atoms with Crippen LogP contribution in [0.25, 0.3) is 11.0 Å². The van der Waals surface area contributed by atoms with Gasteiger partial charge in [0.1, 0.15) is 12.4 Å². The molecule has 0 aliphatic heterocycles. The van der Waals surface area contributed by atoms with E-state index in [1.165, 1.54) is 4.68 Å². The summed E-state index contributed by atoms with van der Waals surface area (Å²) in [5.74, 6) is 0.725. The normalized spacial score (nSPS) is 13.5. The summed E-state index contributed by atoms with van der Waals surface area (Å²) in [7, 11) is 0. The number of aryl methyl sites for hydroxylation is 3. The molecule has 1 aliphatic rings. The van der Waals surface area contributed by atoms with E-state index >= 15 is 0 Å². The van der Waals surface area contributed by atoms with Gasteiger partial charge < -0.3 is 10.3 Å². The fourth-order valence-corrected chi connectivity index (χ4v) is 3.51. The van der Waals surface area contributed by atoms with Crippen molar-refractivity contribution in [3.05, 3.63) is 57.8 Å². The second-order valence-corrected chi connectivity index (χ2v) is 6.97. The first kappa shape index (κ1) is 17.5. The van der Waals surface area contributed by atoms with Gasteiger partial charge in [-0.2, -0.15) is 5.10 Å². The van der Waals surface area contributed by atoms with E-state index in [1.54, 1.807) is 6.07 Å². The van der Waals surface area contributed by atoms with E-state index < -0.39 is 0 Å². The molecule has 0 radical (unpaired) electrons. The molecule has 1 amide bonds. The first-order valence-corrected chi connectivity index (χ1v) is 9.49. The number of aromatic nitrogens is 4. The molecule has 2 N–H and O–H groups in total. The number of carbonyl (C=O) groups is 1. The Morgan fingerprint density at radius 3 is 2.96 bits per heavy atom. The minimum atomic E-state index is -0.201. The fraction of sp³-hybridized carbons (Fsp3) is 0.400. The number of aromatic amines is 1. The zero-order valence-electron chi connectivity index (χ0n) is 15.2. The molecule has 1 aliphatic carbocycles. The number of nitrogens with zero attached hydrogens (tertiary/aromatic N) is 3. The number of para-hydroxylation sites is 2. The van der Waals surface area contributed by atoms with Crippen LogP contribution in [0.3, 0.4) is 0 Å². The Labute approximate surface area is 156 Å². The Hall–Kier alpha value is -2.96. The molecule has 1 aromatic carbocycles. The van der Waals surface area contributed by atoms with Crippen LogP contribution in [0.15, 0.2) is 35.1 Å². The maximum Gasteiger partial charge on any atom is 0.267 e. The van der Waals surface area contributed by atoms with Gasteiger partial charge in [0.05, 0.1) is 16.7 Å². The van der Waals surface area contributed by atoms with Gasteiger partial charge in [-0.3, -0.25) is 9.59 Å². The molecule has 7 heteroatoms. The lowest BCUT2D eigenvalue weighted by molar-refractivity contribution is -0.121. The van der Waals surface area contributed by atoms with Crippen molar-refractivity contribution >= 4 is 16.9 Å². The Bertz CT molecular complexity index is 988. The number of imidazole rings is 1. The zero-order valence-corrected chi connectivity index (χ0v) is 15.2. The number of hydrogen-bond donors (Lipinski definition) is 2. The van der Waals surface area contributed by atoms with Gasteiger partial charge in [0, 0.05) is 19.0 Å². The smallest absolute Gasteiger partial charge is 0.267 e. The highest BCUT2D eigenvalue weighted by Crippen LogP contribution is 2.16. The molecule has 7 nitrogen and oxygen atoms in total. The molecule has 2 heterocycles. The maximum atomic E-state index is 12.2. The second-order valence-electron chi connectivity index (χ2n) is 6.97. The van der Waals surface area contributed by atoms with E-state index in [2.05, 4.69) is 20.4 Å². The molecule has 0 saturated carbocycles. The standard InChI is InChI=1S/C20H23N5O2/c26-19(13-25-20(27)12-14-6-1-2-7-15(14)24-25)21-11-5-10-18-22-16-8-3-4-9-17(16)23-18/h3-4,8-9,12H,1-2,5-7,10-11,13H2,(H,21,26)(H,22,23). The number of rotatable bonds is 6. The van der Waals surface area contributed by atoms with Gasteiger partial charge >= 0.3 is 0 Å². The van der Waals surface area contributed by atoms with Crippen molar-refractivity contribution in [1.29, 1.82) is 0 Å². The monoisotopic (exact) mass is 365 g/mol. The van der Waals surface area contributed by atoms with Gasteiger partial charge in [0.15, 0.2) is 0 Å². The van der Waals surface area contributed by atoms with E-state index in [0.717, 1.165) is 66.6 Å². The minimum Gasteiger partial charge on any atom is -0.354 e. The van der Waals surface area contributed by atoms with Gasteiger partial charge in [-0.25, -0.2) is 9.67 Å². The summed E-state index contributed by atoms with van der Waals surface area (Å²) in [4.78, 5) is 32.1. The topological polar surface area (TPSA) is 92.7 Å². The van der Waals surface area contributed by atoms with Gasteiger partial charge in [0.25, 0.3) is 5.56 Å². The molecule has 0 bridgehead atoms. The average Bonchev–Trinajstić information content (AvgIpc) is 3.09. The van der Waals surface area contributed by atoms with Crippen LogP contribution in [0.5, 0.6) is 0 Å². The van der Waals surface area contributed by atoms with Crippen molar-refractivity contribution in [2.45, 2.75) is 45.1 Å². The van der Waals surface area contributed by atoms with Crippen LogP contribution >= 0.6 is 0 Å². The SMILES string of the molecule is O=C(Cn1nc2c(cc1=O)CCCC2)NCCCc1nc2ccccc2[nH]1. The molecule has 0 atom stereocenters. The largest absolute Gasteiger partial charge is 0.354 e. The number of amides is 1. The number of carbonyl (C=O) groups excluding carboxylic acids is 1. The quantitative estimate of drug-likeness (QED) is 0.651. The number of hydrogen-bond acceptors (Lipinski definition) is 4. The lowest BCUT2D eigenvalue weighted by Crippen LogP contribution is -2.35. The molecule has 3 aromatic rings. The summed E-state index contributed by atoms with van der Waals surface area (Å²) in [6.45, 7) is 0.506. The van der Waals surface area contributed by atoms with Crippen LogP contribution < -0.4 is 10.9 Å². The minimum absolute atomic E-state index is 0.0310. The Balaban J connectivity index is 1.28. The summed E-state index contributed by atoms with van der Waals surface area (Å²) in [6.07, 6.45) is 5.52. The third-order valence-corrected chi connectivity index (χ3v) is 4.92. The van der Waals surface area contributed by atoms with Gasteiger partial charge in [-0.15, -0.1) is 0 Å². The van der Waals surface area contributed by atoms with E-state index in [0.29, 0.717) is 6.54 Å². The molecule has 4 rings (SSSR count). The summed E-state index contributed by atoms with van der Waals surface area (Å²) in [6, 6.07) is 9.54. The third-order valence-electron chi connectivity index (χ3n) is 4.92. The second kappa shape index (κ2) is 7.73. The van der Waals surface area contributed by atoms with Crippen LogP contribution in [-0.4, -0.2) is 32.2 Å². The van der Waals surface area contributed by atoms with Crippen molar-refractivity contribution in [2.75, 3.05) is 6.54 Å². The van der Waals surface area contributed by atoms with Crippen LogP contribution in [-0.2, 0) is 30.6 Å². The van der Waals surface area contributed by atoms with E-state index in [9.17, 15) is 9.59 Å². The zero-order chi connectivity index (χ0) is 18.6. The molecule has 27 heavy (non-hydrogen) atoms. The van der Waals surface area contributed by atoms with Crippen LogP contribution in [0.4, 0.5) is 0 Å². The molecule has 0 fully saturated rings. The highest BCUT2D eigenvalue weighted by molar-refractivity contribution is 5.75. The molecule has 140 valence electrons. The Kier molecular flexibility index (Phi) is 5.00. The van der Waals surface area contributed by atoms with E-state index in [-0.39, 0.29) is 18.0 Å². The van der Waals surface area contributed by atoms with Crippen molar-refractivity contribution < 1.29 is 4.79 Å². The van der Waals surface area contributed by atoms with E-state index in [1.807, 2.05) is 24.3 Å². The van der Waals surface area contributed by atoms with Crippen LogP contribution in [0.2, 0.25) is 0 Å². The molecule has 0 spiro atoms. The van der Waals surface area contributed by atoms with Gasteiger partial charge in [-0.1, -0.05) is 12.1 Å². The molecular weight excluding hydrogens is 342 g/mol. The average molecular weight is 365 g/mol. The predicted molar refractivity (Wildman–Crippen MR) is 103 cm³/mol. The van der Waals surface area contributed by atoms with Gasteiger partial charge in [0.2, 0.25) is 5.91 Å². The van der Waals surface area contributed by atoms with Crippen molar-refractivity contribution in [3.63, 3.8) is 0 Å². The summed E-state index contributed by atoms with van der Waals surface area (Å²) in [5.41, 5.74) is 3.77. The van der Waals surface area contributed by atoms with Crippen molar-refractivity contribution in [3.8, 4) is 0 Å². The molecule has 2 aromatic heterocycles. The lowest BCUT2D eigenvalue weighted by atomic mass is 9.97.